The molecular formula is C18H18F3N7O2S. The van der Waals surface area contributed by atoms with Crippen molar-refractivity contribution in [3.8, 4) is 11.5 Å². The van der Waals surface area contributed by atoms with E-state index in [-0.39, 0.29) is 33.3 Å². The first-order chi connectivity index (χ1) is 14.4. The maximum absolute atomic E-state index is 13.0. The summed E-state index contributed by atoms with van der Waals surface area (Å²) in [6, 6.07) is 2.25. The van der Waals surface area contributed by atoms with E-state index in [1.54, 1.807) is 6.92 Å². The Balaban J connectivity index is 1.94. The second-order valence-corrected chi connectivity index (χ2v) is 9.78. The summed E-state index contributed by atoms with van der Waals surface area (Å²) >= 11 is 0. The third-order valence-corrected chi connectivity index (χ3v) is 7.34. The molecule has 3 aromatic rings. The fourth-order valence-corrected chi connectivity index (χ4v) is 4.50. The fourth-order valence-electron chi connectivity index (χ4n) is 3.42. The number of hydrogen-bond donors (Lipinski definition) is 2. The Bertz CT molecular complexity index is 1330. The van der Waals surface area contributed by atoms with Crippen molar-refractivity contribution >= 4 is 26.8 Å². The van der Waals surface area contributed by atoms with Crippen molar-refractivity contribution < 1.29 is 22.2 Å². The van der Waals surface area contributed by atoms with Crippen LogP contribution in [0.3, 0.4) is 0 Å². The number of nitrogens with one attached hydrogen (secondary N) is 1. The molecule has 0 radical (unpaired) electrons. The molecule has 1 atom stereocenters. The summed E-state index contributed by atoms with van der Waals surface area (Å²) < 4.78 is 61.7. The highest BCUT2D eigenvalue weighted by molar-refractivity contribution is 7.92. The average molecular weight is 453 g/mol. The normalized spacial score (nSPS) is 17.5. The molecule has 1 aliphatic carbocycles. The summed E-state index contributed by atoms with van der Waals surface area (Å²) in [4.78, 5) is 20.5. The fraction of sp³-hybridized carbons (Fsp3) is 0.389. The van der Waals surface area contributed by atoms with Gasteiger partial charge in [0.1, 0.15) is 11.2 Å². The van der Waals surface area contributed by atoms with Crippen LogP contribution in [-0.4, -0.2) is 40.6 Å². The van der Waals surface area contributed by atoms with Crippen molar-refractivity contribution in [2.24, 2.45) is 12.8 Å². The zero-order valence-corrected chi connectivity index (χ0v) is 17.3. The number of halogens is 3. The Hall–Kier alpha value is -3.09. The van der Waals surface area contributed by atoms with E-state index in [0.29, 0.717) is 18.4 Å². The van der Waals surface area contributed by atoms with Gasteiger partial charge < -0.3 is 10.3 Å². The van der Waals surface area contributed by atoms with Crippen molar-refractivity contribution in [3.63, 3.8) is 0 Å². The molecule has 4 rings (SSSR count). The van der Waals surface area contributed by atoms with Gasteiger partial charge in [0, 0.05) is 25.1 Å². The Morgan fingerprint density at radius 1 is 1.32 bits per heavy atom. The molecule has 0 bridgehead atoms. The maximum Gasteiger partial charge on any atom is 0.435 e. The molecule has 0 aliphatic heterocycles. The second-order valence-electron chi connectivity index (χ2n) is 7.41. The van der Waals surface area contributed by atoms with Crippen LogP contribution >= 0.6 is 0 Å². The summed E-state index contributed by atoms with van der Waals surface area (Å²) in [5, 5.41) is 6.82. The van der Waals surface area contributed by atoms with Crippen LogP contribution in [0.4, 0.5) is 13.2 Å². The Labute approximate surface area is 174 Å². The number of carbonyl (C=O) groups excluding carboxylic acids is 1. The number of hydrogen-bond acceptors (Lipinski definition) is 7. The summed E-state index contributed by atoms with van der Waals surface area (Å²) in [5.41, 5.74) is 3.97. The van der Waals surface area contributed by atoms with Crippen LogP contribution in [0.5, 0.6) is 0 Å². The molecule has 164 valence electrons. The molecule has 0 spiro atoms. The first kappa shape index (κ1) is 21.2. The predicted octanol–water partition coefficient (Wildman–Crippen LogP) is 2.39. The molecule has 31 heavy (non-hydrogen) atoms. The molecule has 1 fully saturated rings. The third-order valence-electron chi connectivity index (χ3n) is 5.51. The Kier molecular flexibility index (Phi) is 4.57. The SMILES string of the molecule is CCS(=N)(=O)c1cc(C2(C(N)=O)CC2)cnc1-c1nc2cc(C(F)(F)F)nnc2n1C. The smallest absolute Gasteiger partial charge is 0.369 e. The molecule has 1 aliphatic rings. The Morgan fingerprint density at radius 2 is 2.00 bits per heavy atom. The summed E-state index contributed by atoms with van der Waals surface area (Å²) in [7, 11) is -1.82. The van der Waals surface area contributed by atoms with Crippen LogP contribution in [0.2, 0.25) is 0 Å². The lowest BCUT2D eigenvalue weighted by Gasteiger charge is -2.16. The van der Waals surface area contributed by atoms with Gasteiger partial charge in [-0.2, -0.15) is 13.2 Å². The van der Waals surface area contributed by atoms with Gasteiger partial charge in [-0.25, -0.2) is 14.0 Å². The van der Waals surface area contributed by atoms with E-state index in [1.165, 1.54) is 23.9 Å². The van der Waals surface area contributed by atoms with Crippen LogP contribution < -0.4 is 5.73 Å². The van der Waals surface area contributed by atoms with Crippen LogP contribution in [0.25, 0.3) is 22.7 Å². The van der Waals surface area contributed by atoms with Crippen LogP contribution in [0.15, 0.2) is 23.2 Å². The minimum Gasteiger partial charge on any atom is -0.369 e. The van der Waals surface area contributed by atoms with E-state index in [0.717, 1.165) is 6.07 Å². The summed E-state index contributed by atoms with van der Waals surface area (Å²) in [5.74, 6) is -0.474. The van der Waals surface area contributed by atoms with E-state index < -0.39 is 32.9 Å². The number of rotatable bonds is 5. The van der Waals surface area contributed by atoms with Gasteiger partial charge in [-0.05, 0) is 24.5 Å². The first-order valence-electron chi connectivity index (χ1n) is 9.25. The summed E-state index contributed by atoms with van der Waals surface area (Å²) in [6.45, 7) is 1.57. The predicted molar refractivity (Wildman–Crippen MR) is 104 cm³/mol. The van der Waals surface area contributed by atoms with Gasteiger partial charge in [-0.3, -0.25) is 9.78 Å². The minimum absolute atomic E-state index is 0.0311. The van der Waals surface area contributed by atoms with Crippen molar-refractivity contribution in [1.82, 2.24) is 24.7 Å². The van der Waals surface area contributed by atoms with Crippen LogP contribution in [-0.2, 0) is 33.2 Å². The van der Waals surface area contributed by atoms with E-state index in [1.807, 2.05) is 0 Å². The number of nitrogens with two attached hydrogens (primary N) is 1. The number of aromatic nitrogens is 5. The molecule has 0 aromatic carbocycles. The highest BCUT2D eigenvalue weighted by Gasteiger charge is 2.50. The molecule has 9 nitrogen and oxygen atoms in total. The number of primary amides is 1. The zero-order valence-electron chi connectivity index (χ0n) is 16.5. The van der Waals surface area contributed by atoms with Gasteiger partial charge in [-0.15, -0.1) is 10.2 Å². The van der Waals surface area contributed by atoms with Crippen molar-refractivity contribution in [3.05, 3.63) is 29.6 Å². The number of nitrogens with zero attached hydrogens (tertiary/aromatic N) is 5. The zero-order chi connectivity index (χ0) is 22.8. The molecule has 0 saturated heterocycles. The molecule has 3 N–H and O–H groups in total. The van der Waals surface area contributed by atoms with Gasteiger partial charge in [-0.1, -0.05) is 6.92 Å². The molecule has 1 amide bonds. The van der Waals surface area contributed by atoms with E-state index in [9.17, 15) is 22.2 Å². The monoisotopic (exact) mass is 453 g/mol. The van der Waals surface area contributed by atoms with Gasteiger partial charge in [0.15, 0.2) is 17.2 Å². The highest BCUT2D eigenvalue weighted by Crippen LogP contribution is 2.48. The minimum atomic E-state index is -4.69. The van der Waals surface area contributed by atoms with E-state index >= 15 is 0 Å². The average Bonchev–Trinajstić information content (AvgIpc) is 3.46. The number of imidazole rings is 1. The lowest BCUT2D eigenvalue weighted by molar-refractivity contribution is -0.141. The van der Waals surface area contributed by atoms with Gasteiger partial charge >= 0.3 is 6.18 Å². The van der Waals surface area contributed by atoms with E-state index in [2.05, 4.69) is 20.2 Å². The highest BCUT2D eigenvalue weighted by atomic mass is 32.2. The first-order valence-corrected chi connectivity index (χ1v) is 11.0. The lowest BCUT2D eigenvalue weighted by Crippen LogP contribution is -2.28. The maximum atomic E-state index is 13.0. The number of amides is 1. The van der Waals surface area contributed by atoms with Gasteiger partial charge in [0.25, 0.3) is 0 Å². The van der Waals surface area contributed by atoms with Crippen LogP contribution in [0.1, 0.15) is 31.0 Å². The van der Waals surface area contributed by atoms with Gasteiger partial charge in [0.05, 0.1) is 20.0 Å². The number of alkyl halides is 3. The quantitative estimate of drug-likeness (QED) is 0.608. The van der Waals surface area contributed by atoms with Gasteiger partial charge in [0.2, 0.25) is 5.91 Å². The number of carbonyl (C=O) groups is 1. The summed E-state index contributed by atoms with van der Waals surface area (Å²) in [6.07, 6.45) is -2.23. The second kappa shape index (κ2) is 6.70. The Morgan fingerprint density at radius 3 is 2.55 bits per heavy atom. The lowest BCUT2D eigenvalue weighted by atomic mass is 9.97. The number of fused-ring (bicyclic) bond motifs is 1. The van der Waals surface area contributed by atoms with Crippen molar-refractivity contribution in [2.75, 3.05) is 5.75 Å². The largest absolute Gasteiger partial charge is 0.435 e. The van der Waals surface area contributed by atoms with E-state index in [4.69, 9.17) is 10.5 Å². The molecule has 13 heteroatoms. The van der Waals surface area contributed by atoms with Crippen molar-refractivity contribution in [1.29, 1.82) is 4.78 Å². The van der Waals surface area contributed by atoms with Crippen LogP contribution in [0, 0.1) is 4.78 Å². The molecule has 3 aromatic heterocycles. The number of pyridine rings is 1. The molecule has 3 heterocycles. The molecule has 1 unspecified atom stereocenters. The molecule has 1 saturated carbocycles. The topological polar surface area (TPSA) is 140 Å². The number of aryl methyl sites for hydroxylation is 1. The third kappa shape index (κ3) is 3.32. The van der Waals surface area contributed by atoms with Crippen molar-refractivity contribution in [2.45, 2.75) is 36.3 Å². The standard InChI is InChI=1S/C18H18F3N7O2S/c1-3-31(23,30)11-6-9(17(4-5-17)16(22)29)8-24-13(11)15-25-10-7-12(18(19,20)21)26-27-14(10)28(15)2/h6-8,23H,3-5H2,1-2H3,(H2,22,29). The molecular weight excluding hydrogens is 435 g/mol.